The van der Waals surface area contributed by atoms with Crippen LogP contribution in [0.4, 0.5) is 5.00 Å². The summed E-state index contributed by atoms with van der Waals surface area (Å²) in [5.74, 6) is 0.982. The molecule has 5 heteroatoms. The molecule has 108 valence electrons. The summed E-state index contributed by atoms with van der Waals surface area (Å²) in [4.78, 5) is 10.8. The molecule has 3 heterocycles. The summed E-state index contributed by atoms with van der Waals surface area (Å²) in [5.41, 5.74) is 10.8. The lowest BCUT2D eigenvalue weighted by Crippen LogP contribution is -2.05. The highest BCUT2D eigenvalue weighted by molar-refractivity contribution is 7.16. The molecule has 0 saturated carbocycles. The summed E-state index contributed by atoms with van der Waals surface area (Å²) in [5, 5.41) is 0.900. The van der Waals surface area contributed by atoms with E-state index in [9.17, 15) is 0 Å². The Morgan fingerprint density at radius 3 is 3.00 bits per heavy atom. The minimum Gasteiger partial charge on any atom is -0.390 e. The van der Waals surface area contributed by atoms with Gasteiger partial charge in [0.05, 0.1) is 10.6 Å². The van der Waals surface area contributed by atoms with E-state index in [0.717, 1.165) is 40.4 Å². The fraction of sp³-hybridized carbons (Fsp3) is 0.375. The third-order valence-electron chi connectivity index (χ3n) is 4.14. The highest BCUT2D eigenvalue weighted by Crippen LogP contribution is 2.44. The summed E-state index contributed by atoms with van der Waals surface area (Å²) in [7, 11) is 0. The molecule has 1 aliphatic rings. The zero-order chi connectivity index (χ0) is 14.6. The lowest BCUT2D eigenvalue weighted by atomic mass is 10.1. The number of imidazole rings is 1. The maximum absolute atomic E-state index is 6.32. The van der Waals surface area contributed by atoms with Crippen LogP contribution in [-0.4, -0.2) is 14.5 Å². The molecule has 0 amide bonds. The minimum absolute atomic E-state index is 0.302. The topological polar surface area (TPSA) is 56.7 Å². The number of nitrogens with zero attached hydrogens (tertiary/aromatic N) is 3. The normalized spacial score (nSPS) is 14.2. The summed E-state index contributed by atoms with van der Waals surface area (Å²) in [6.07, 6.45) is 5.33. The van der Waals surface area contributed by atoms with E-state index in [-0.39, 0.29) is 0 Å². The maximum Gasteiger partial charge on any atom is 0.160 e. The van der Waals surface area contributed by atoms with Crippen LogP contribution in [0.5, 0.6) is 0 Å². The molecule has 0 fully saturated rings. The Hall–Kier alpha value is -1.88. The Morgan fingerprint density at radius 2 is 2.19 bits per heavy atom. The van der Waals surface area contributed by atoms with E-state index in [1.165, 1.54) is 16.9 Å². The minimum atomic E-state index is 0.302. The average molecular weight is 298 g/mol. The van der Waals surface area contributed by atoms with Gasteiger partial charge < -0.3 is 10.3 Å². The van der Waals surface area contributed by atoms with Crippen LogP contribution in [0.15, 0.2) is 18.3 Å². The number of fused-ring (bicyclic) bond motifs is 2. The number of rotatable bonds is 2. The fourth-order valence-corrected chi connectivity index (χ4v) is 4.42. The lowest BCUT2D eigenvalue weighted by Gasteiger charge is -2.13. The second kappa shape index (κ2) is 4.56. The fourth-order valence-electron chi connectivity index (χ4n) is 3.27. The second-order valence-corrected chi connectivity index (χ2v) is 6.98. The van der Waals surface area contributed by atoms with Gasteiger partial charge in [0.15, 0.2) is 5.65 Å². The van der Waals surface area contributed by atoms with Gasteiger partial charge in [-0.3, -0.25) is 0 Å². The van der Waals surface area contributed by atoms with Gasteiger partial charge in [-0.25, -0.2) is 9.97 Å². The summed E-state index contributed by atoms with van der Waals surface area (Å²) in [6, 6.07) is 4.26. The molecule has 0 aromatic carbocycles. The molecule has 0 unspecified atom stereocenters. The van der Waals surface area contributed by atoms with E-state index < -0.39 is 0 Å². The molecule has 0 bridgehead atoms. The van der Waals surface area contributed by atoms with Crippen molar-refractivity contribution in [1.82, 2.24) is 14.5 Å². The first-order valence-electron chi connectivity index (χ1n) is 7.40. The molecule has 4 nitrogen and oxygen atoms in total. The largest absolute Gasteiger partial charge is 0.390 e. The van der Waals surface area contributed by atoms with Crippen LogP contribution in [0, 0.1) is 0 Å². The van der Waals surface area contributed by atoms with Gasteiger partial charge in [0.2, 0.25) is 0 Å². The monoisotopic (exact) mass is 298 g/mol. The van der Waals surface area contributed by atoms with Gasteiger partial charge in [-0.2, -0.15) is 0 Å². The van der Waals surface area contributed by atoms with Crippen molar-refractivity contribution in [2.75, 3.05) is 5.73 Å². The first-order valence-corrected chi connectivity index (χ1v) is 8.22. The number of aryl methyl sites for hydroxylation is 1. The van der Waals surface area contributed by atoms with Crippen molar-refractivity contribution in [2.24, 2.45) is 0 Å². The number of pyridine rings is 1. The van der Waals surface area contributed by atoms with Gasteiger partial charge >= 0.3 is 0 Å². The molecule has 0 saturated heterocycles. The zero-order valence-electron chi connectivity index (χ0n) is 12.3. The molecule has 3 aromatic heterocycles. The van der Waals surface area contributed by atoms with E-state index in [2.05, 4.69) is 23.4 Å². The molecule has 0 radical (unpaired) electrons. The Bertz CT molecular complexity index is 828. The van der Waals surface area contributed by atoms with Crippen molar-refractivity contribution in [3.05, 3.63) is 28.8 Å². The number of nitrogen functional groups attached to an aromatic ring is 1. The number of thiophene rings is 1. The SMILES string of the molecule is CC(C)n1c(-c2c(N)sc3c2CCC3)nc2cccnc21. The number of nitrogens with two attached hydrogens (primary N) is 1. The third kappa shape index (κ3) is 1.80. The molecular formula is C16H18N4S. The quantitative estimate of drug-likeness (QED) is 0.782. The molecule has 2 N–H and O–H groups in total. The van der Waals surface area contributed by atoms with Crippen LogP contribution in [0.2, 0.25) is 0 Å². The van der Waals surface area contributed by atoms with Gasteiger partial charge in [-0.05, 0) is 50.8 Å². The lowest BCUT2D eigenvalue weighted by molar-refractivity contribution is 0.619. The molecule has 3 aromatic rings. The zero-order valence-corrected chi connectivity index (χ0v) is 13.1. The Labute approximate surface area is 127 Å². The van der Waals surface area contributed by atoms with Crippen LogP contribution in [0.25, 0.3) is 22.6 Å². The van der Waals surface area contributed by atoms with Gasteiger partial charge in [0.25, 0.3) is 0 Å². The predicted molar refractivity (Wildman–Crippen MR) is 87.7 cm³/mol. The van der Waals surface area contributed by atoms with Crippen molar-refractivity contribution in [2.45, 2.75) is 39.2 Å². The number of hydrogen-bond donors (Lipinski definition) is 1. The highest BCUT2D eigenvalue weighted by atomic mass is 32.1. The van der Waals surface area contributed by atoms with E-state index in [1.807, 2.05) is 18.3 Å². The number of aromatic nitrogens is 3. The number of anilines is 1. The molecule has 0 spiro atoms. The summed E-state index contributed by atoms with van der Waals surface area (Å²) in [6.45, 7) is 4.34. The molecule has 21 heavy (non-hydrogen) atoms. The predicted octanol–water partition coefficient (Wildman–Crippen LogP) is 3.81. The van der Waals surface area contributed by atoms with Gasteiger partial charge in [0, 0.05) is 17.1 Å². The molecular weight excluding hydrogens is 280 g/mol. The summed E-state index contributed by atoms with van der Waals surface area (Å²) >= 11 is 1.73. The molecule has 0 atom stereocenters. The first kappa shape index (κ1) is 12.8. The first-order chi connectivity index (χ1) is 10.2. The second-order valence-electron chi connectivity index (χ2n) is 5.84. The van der Waals surface area contributed by atoms with E-state index in [1.54, 1.807) is 11.3 Å². The Morgan fingerprint density at radius 1 is 1.33 bits per heavy atom. The molecule has 4 rings (SSSR count). The van der Waals surface area contributed by atoms with Gasteiger partial charge in [-0.15, -0.1) is 11.3 Å². The molecule has 0 aliphatic heterocycles. The van der Waals surface area contributed by atoms with Crippen molar-refractivity contribution in [3.8, 4) is 11.4 Å². The van der Waals surface area contributed by atoms with E-state index >= 15 is 0 Å². The van der Waals surface area contributed by atoms with Crippen LogP contribution in [-0.2, 0) is 12.8 Å². The van der Waals surface area contributed by atoms with Crippen molar-refractivity contribution < 1.29 is 0 Å². The van der Waals surface area contributed by atoms with E-state index in [0.29, 0.717) is 6.04 Å². The molecule has 1 aliphatic carbocycles. The van der Waals surface area contributed by atoms with Crippen LogP contribution in [0.1, 0.15) is 36.8 Å². The van der Waals surface area contributed by atoms with Crippen LogP contribution >= 0.6 is 11.3 Å². The van der Waals surface area contributed by atoms with Crippen LogP contribution < -0.4 is 5.73 Å². The van der Waals surface area contributed by atoms with Crippen molar-refractivity contribution >= 4 is 27.5 Å². The highest BCUT2D eigenvalue weighted by Gasteiger charge is 2.26. The Kier molecular flexibility index (Phi) is 2.79. The maximum atomic E-state index is 6.32. The smallest absolute Gasteiger partial charge is 0.160 e. The Balaban J connectivity index is 2.05. The van der Waals surface area contributed by atoms with Crippen molar-refractivity contribution in [1.29, 1.82) is 0 Å². The summed E-state index contributed by atoms with van der Waals surface area (Å²) < 4.78 is 2.21. The van der Waals surface area contributed by atoms with Crippen molar-refractivity contribution in [3.63, 3.8) is 0 Å². The van der Waals surface area contributed by atoms with E-state index in [4.69, 9.17) is 10.7 Å². The van der Waals surface area contributed by atoms with Crippen LogP contribution in [0.3, 0.4) is 0 Å². The standard InChI is InChI=1S/C16H18N4S/c1-9(2)20-15-11(6-4-8-18-15)19-16(20)13-10-5-3-7-12(10)21-14(13)17/h4,6,8-9H,3,5,7,17H2,1-2H3. The average Bonchev–Trinajstić information content (AvgIpc) is 3.09. The third-order valence-corrected chi connectivity index (χ3v) is 5.26. The van der Waals surface area contributed by atoms with Gasteiger partial charge in [0.1, 0.15) is 11.3 Å². The van der Waals surface area contributed by atoms with Gasteiger partial charge in [-0.1, -0.05) is 0 Å². The number of hydrogen-bond acceptors (Lipinski definition) is 4.